The van der Waals surface area contributed by atoms with E-state index in [2.05, 4.69) is 11.8 Å². The van der Waals surface area contributed by atoms with Crippen LogP contribution in [0.15, 0.2) is 59.0 Å². The van der Waals surface area contributed by atoms with Crippen molar-refractivity contribution in [3.05, 3.63) is 70.9 Å². The van der Waals surface area contributed by atoms with Gasteiger partial charge in [0.15, 0.2) is 5.76 Å². The van der Waals surface area contributed by atoms with E-state index in [9.17, 15) is 9.90 Å². The fourth-order valence-corrected chi connectivity index (χ4v) is 3.26. The van der Waals surface area contributed by atoms with Crippen LogP contribution in [0.4, 0.5) is 0 Å². The van der Waals surface area contributed by atoms with Crippen molar-refractivity contribution >= 4 is 28.5 Å². The van der Waals surface area contributed by atoms with Crippen LogP contribution in [-0.4, -0.2) is 34.6 Å². The number of fused-ring (bicyclic) bond motifs is 1. The Kier molecular flexibility index (Phi) is 4.20. The van der Waals surface area contributed by atoms with E-state index in [-0.39, 0.29) is 18.2 Å². The predicted octanol–water partition coefficient (Wildman–Crippen LogP) is 3.71. The number of halogens is 1. The summed E-state index contributed by atoms with van der Waals surface area (Å²) in [4.78, 5) is 14.3. The third kappa shape index (κ3) is 3.32. The molecule has 2 heterocycles. The molecule has 0 radical (unpaired) electrons. The molecular weight excluding hydrogens is 350 g/mol. The molecule has 4 rings (SSSR count). The van der Waals surface area contributed by atoms with Crippen LogP contribution in [0, 0.1) is 11.8 Å². The quantitative estimate of drug-likeness (QED) is 0.669. The van der Waals surface area contributed by atoms with E-state index in [1.807, 2.05) is 36.4 Å². The van der Waals surface area contributed by atoms with E-state index in [0.29, 0.717) is 23.6 Å². The normalized spacial score (nSPS) is 19.4. The smallest absolute Gasteiger partial charge is 0.289 e. The van der Waals surface area contributed by atoms with Crippen molar-refractivity contribution < 1.29 is 14.3 Å². The summed E-state index contributed by atoms with van der Waals surface area (Å²) in [6, 6.07) is 16.3. The Morgan fingerprint density at radius 3 is 2.85 bits per heavy atom. The summed E-state index contributed by atoms with van der Waals surface area (Å²) in [6.07, 6.45) is 0.395. The molecule has 0 saturated carbocycles. The standard InChI is InChI=1S/C21H16ClNO3/c22-17-6-3-4-15(12-17)8-9-21(25)10-11-23(14-21)20(24)19-13-16-5-1-2-7-18(16)26-19/h1-7,12-13,25H,10-11,14H2. The highest BCUT2D eigenvalue weighted by Gasteiger charge is 2.38. The number of para-hydroxylation sites is 1. The highest BCUT2D eigenvalue weighted by molar-refractivity contribution is 6.30. The molecule has 5 heteroatoms. The van der Waals surface area contributed by atoms with Crippen molar-refractivity contribution in [1.82, 2.24) is 4.90 Å². The van der Waals surface area contributed by atoms with Gasteiger partial charge in [-0.05, 0) is 30.3 Å². The molecule has 1 fully saturated rings. The zero-order chi connectivity index (χ0) is 18.1. The Bertz CT molecular complexity index is 1010. The first kappa shape index (κ1) is 16.7. The van der Waals surface area contributed by atoms with Gasteiger partial charge in [0.1, 0.15) is 11.2 Å². The fourth-order valence-electron chi connectivity index (χ4n) is 3.07. The average Bonchev–Trinajstić information content (AvgIpc) is 3.24. The number of aliphatic hydroxyl groups is 1. The molecule has 0 bridgehead atoms. The number of furan rings is 1. The molecule has 26 heavy (non-hydrogen) atoms. The minimum atomic E-state index is -1.23. The number of benzene rings is 2. The molecule has 1 amide bonds. The summed E-state index contributed by atoms with van der Waals surface area (Å²) in [6.45, 7) is 0.576. The lowest BCUT2D eigenvalue weighted by atomic mass is 10.0. The summed E-state index contributed by atoms with van der Waals surface area (Å²) < 4.78 is 5.63. The molecule has 1 aliphatic rings. The third-order valence-corrected chi connectivity index (χ3v) is 4.67. The number of likely N-dealkylation sites (tertiary alicyclic amines) is 1. The van der Waals surface area contributed by atoms with Gasteiger partial charge in [0, 0.05) is 28.9 Å². The third-order valence-electron chi connectivity index (χ3n) is 4.44. The van der Waals surface area contributed by atoms with Gasteiger partial charge in [-0.25, -0.2) is 0 Å². The molecule has 130 valence electrons. The van der Waals surface area contributed by atoms with Gasteiger partial charge in [-0.15, -0.1) is 0 Å². The van der Waals surface area contributed by atoms with Crippen LogP contribution in [0.3, 0.4) is 0 Å². The zero-order valence-corrected chi connectivity index (χ0v) is 14.7. The fraction of sp³-hybridized carbons (Fsp3) is 0.190. The molecule has 2 aromatic carbocycles. The molecule has 1 aromatic heterocycles. The van der Waals surface area contributed by atoms with Crippen LogP contribution in [0.25, 0.3) is 11.0 Å². The average molecular weight is 366 g/mol. The first-order chi connectivity index (χ1) is 12.5. The number of hydrogen-bond donors (Lipinski definition) is 1. The number of rotatable bonds is 1. The van der Waals surface area contributed by atoms with Crippen LogP contribution in [0.5, 0.6) is 0 Å². The molecule has 0 spiro atoms. The monoisotopic (exact) mass is 365 g/mol. The first-order valence-electron chi connectivity index (χ1n) is 8.31. The Labute approximate surface area is 156 Å². The maximum Gasteiger partial charge on any atom is 0.289 e. The Morgan fingerprint density at radius 1 is 1.19 bits per heavy atom. The SMILES string of the molecule is O=C(c1cc2ccccc2o1)N1CCC(O)(C#Cc2cccc(Cl)c2)C1. The van der Waals surface area contributed by atoms with E-state index >= 15 is 0 Å². The maximum absolute atomic E-state index is 12.7. The zero-order valence-electron chi connectivity index (χ0n) is 13.9. The Morgan fingerprint density at radius 2 is 2.04 bits per heavy atom. The van der Waals surface area contributed by atoms with E-state index < -0.39 is 5.60 Å². The van der Waals surface area contributed by atoms with Crippen molar-refractivity contribution in [3.63, 3.8) is 0 Å². The number of hydrogen-bond acceptors (Lipinski definition) is 3. The minimum Gasteiger partial charge on any atom is -0.451 e. The summed E-state index contributed by atoms with van der Waals surface area (Å²) >= 11 is 5.95. The molecule has 4 nitrogen and oxygen atoms in total. The Hall–Kier alpha value is -2.74. The van der Waals surface area contributed by atoms with E-state index in [1.54, 1.807) is 23.1 Å². The highest BCUT2D eigenvalue weighted by Crippen LogP contribution is 2.25. The topological polar surface area (TPSA) is 53.7 Å². The molecule has 1 N–H and O–H groups in total. The van der Waals surface area contributed by atoms with Crippen LogP contribution in [0.1, 0.15) is 22.5 Å². The van der Waals surface area contributed by atoms with Crippen LogP contribution < -0.4 is 0 Å². The summed E-state index contributed by atoms with van der Waals surface area (Å²) in [7, 11) is 0. The van der Waals surface area contributed by atoms with Crippen LogP contribution in [0.2, 0.25) is 5.02 Å². The largest absolute Gasteiger partial charge is 0.451 e. The van der Waals surface area contributed by atoms with Gasteiger partial charge in [0.2, 0.25) is 0 Å². The second-order valence-electron chi connectivity index (χ2n) is 6.42. The molecule has 1 aliphatic heterocycles. The summed E-state index contributed by atoms with van der Waals surface area (Å²) in [5.41, 5.74) is 0.170. The van der Waals surface area contributed by atoms with Crippen molar-refractivity contribution in [1.29, 1.82) is 0 Å². The number of nitrogens with zero attached hydrogens (tertiary/aromatic N) is 1. The molecule has 0 aliphatic carbocycles. The minimum absolute atomic E-state index is 0.149. The molecule has 1 unspecified atom stereocenters. The van der Waals surface area contributed by atoms with E-state index in [1.165, 1.54) is 0 Å². The Balaban J connectivity index is 1.51. The summed E-state index contributed by atoms with van der Waals surface area (Å²) in [5.74, 6) is 5.87. The molecular formula is C21H16ClNO3. The predicted molar refractivity (Wildman–Crippen MR) is 100 cm³/mol. The second kappa shape index (κ2) is 6.53. The van der Waals surface area contributed by atoms with Crippen molar-refractivity contribution in [3.8, 4) is 11.8 Å². The van der Waals surface area contributed by atoms with Crippen LogP contribution in [-0.2, 0) is 0 Å². The number of β-amino-alcohol motifs (C(OH)–C–C–N with tert-alkyl or cyclic N) is 1. The van der Waals surface area contributed by atoms with Crippen molar-refractivity contribution in [2.45, 2.75) is 12.0 Å². The lowest BCUT2D eigenvalue weighted by molar-refractivity contribution is 0.0681. The van der Waals surface area contributed by atoms with Gasteiger partial charge < -0.3 is 14.4 Å². The van der Waals surface area contributed by atoms with Gasteiger partial charge in [-0.2, -0.15) is 0 Å². The van der Waals surface area contributed by atoms with Gasteiger partial charge in [0.25, 0.3) is 5.91 Å². The molecule has 1 saturated heterocycles. The van der Waals surface area contributed by atoms with E-state index in [4.69, 9.17) is 16.0 Å². The lowest BCUT2D eigenvalue weighted by Crippen LogP contribution is -2.35. The number of carbonyl (C=O) groups excluding carboxylic acids is 1. The number of amides is 1. The summed E-state index contributed by atoms with van der Waals surface area (Å²) in [5, 5.41) is 12.2. The van der Waals surface area contributed by atoms with Crippen molar-refractivity contribution in [2.24, 2.45) is 0 Å². The second-order valence-corrected chi connectivity index (χ2v) is 6.85. The molecule has 3 aromatic rings. The lowest BCUT2D eigenvalue weighted by Gasteiger charge is -2.17. The van der Waals surface area contributed by atoms with Gasteiger partial charge in [-0.1, -0.05) is 47.7 Å². The van der Waals surface area contributed by atoms with Crippen LogP contribution >= 0.6 is 11.6 Å². The number of carbonyl (C=O) groups is 1. The highest BCUT2D eigenvalue weighted by atomic mass is 35.5. The van der Waals surface area contributed by atoms with Gasteiger partial charge in [-0.3, -0.25) is 4.79 Å². The van der Waals surface area contributed by atoms with E-state index in [0.717, 1.165) is 10.9 Å². The molecule has 1 atom stereocenters. The van der Waals surface area contributed by atoms with Gasteiger partial charge >= 0.3 is 0 Å². The van der Waals surface area contributed by atoms with Crippen molar-refractivity contribution in [2.75, 3.05) is 13.1 Å². The van der Waals surface area contributed by atoms with Gasteiger partial charge in [0.05, 0.1) is 6.54 Å². The first-order valence-corrected chi connectivity index (χ1v) is 8.69. The maximum atomic E-state index is 12.7.